The average Bonchev–Trinajstić information content (AvgIpc) is 2.55. The van der Waals surface area contributed by atoms with Crippen LogP contribution in [0.4, 0.5) is 0 Å². The van der Waals surface area contributed by atoms with Crippen molar-refractivity contribution in [2.45, 2.75) is 24.4 Å². The number of carbonyl (C=O) groups is 2. The predicted molar refractivity (Wildman–Crippen MR) is 72.4 cm³/mol. The quantitative estimate of drug-likeness (QED) is 0.336. The van der Waals surface area contributed by atoms with Crippen LogP contribution in [0.3, 0.4) is 0 Å². The van der Waals surface area contributed by atoms with Crippen molar-refractivity contribution in [2.24, 2.45) is 0 Å². The summed E-state index contributed by atoms with van der Waals surface area (Å²) in [5.74, 6) is 0.322. The number of benzene rings is 1. The van der Waals surface area contributed by atoms with Gasteiger partial charge in [0, 0.05) is 0 Å². The second-order valence-corrected chi connectivity index (χ2v) is 3.69. The maximum absolute atomic E-state index is 9.90. The molecule has 0 saturated carbocycles. The molecule has 1 aromatic carbocycles. The van der Waals surface area contributed by atoms with Gasteiger partial charge in [0.05, 0.1) is 6.61 Å². The van der Waals surface area contributed by atoms with Gasteiger partial charge in [-0.1, -0.05) is 18.2 Å². The maximum Gasteiger partial charge on any atom is 0.151 e. The first-order chi connectivity index (χ1) is 9.93. The number of rotatable bonds is 5. The number of aliphatic hydroxyl groups is 5. The Kier molecular flexibility index (Phi) is 13.4. The molecule has 8 nitrogen and oxygen atoms in total. The zero-order chi connectivity index (χ0) is 16.8. The van der Waals surface area contributed by atoms with Crippen LogP contribution in [0.5, 0.6) is 5.75 Å². The number of hydrogen-bond donors (Lipinski definition) is 6. The molecule has 0 amide bonds. The van der Waals surface area contributed by atoms with Crippen LogP contribution >= 0.6 is 0 Å². The zero-order valence-electron chi connectivity index (χ0n) is 11.2. The Bertz CT molecular complexity index is 358. The smallest absolute Gasteiger partial charge is 0.151 e. The van der Waals surface area contributed by atoms with Gasteiger partial charge in [-0.25, -0.2) is 0 Å². The van der Waals surface area contributed by atoms with E-state index in [4.69, 9.17) is 35.4 Å². The molecule has 8 heteroatoms. The molecule has 0 spiro atoms. The van der Waals surface area contributed by atoms with Gasteiger partial charge in [-0.2, -0.15) is 0 Å². The van der Waals surface area contributed by atoms with Crippen molar-refractivity contribution in [2.75, 3.05) is 6.61 Å². The van der Waals surface area contributed by atoms with Crippen molar-refractivity contribution in [1.29, 1.82) is 0 Å². The molecule has 0 saturated heterocycles. The highest BCUT2D eigenvalue weighted by Crippen LogP contribution is 2.03. The normalized spacial score (nSPS) is 15.1. The Morgan fingerprint density at radius 3 is 1.76 bits per heavy atom. The summed E-state index contributed by atoms with van der Waals surface area (Å²) in [5.41, 5.74) is 0. The second-order valence-electron chi connectivity index (χ2n) is 3.69. The van der Waals surface area contributed by atoms with E-state index in [0.717, 1.165) is 0 Å². The Morgan fingerprint density at radius 2 is 1.48 bits per heavy atom. The molecule has 1 rings (SSSR count). The Hall–Kier alpha value is -1.84. The van der Waals surface area contributed by atoms with E-state index in [1.807, 2.05) is 12.9 Å². The van der Waals surface area contributed by atoms with Crippen LogP contribution in [-0.2, 0) is 9.59 Å². The third-order valence-corrected chi connectivity index (χ3v) is 2.18. The van der Waals surface area contributed by atoms with Gasteiger partial charge in [0.2, 0.25) is 0 Å². The third kappa shape index (κ3) is 9.66. The highest BCUT2D eigenvalue weighted by molar-refractivity contribution is 5.56. The van der Waals surface area contributed by atoms with E-state index in [1.54, 1.807) is 24.3 Å². The summed E-state index contributed by atoms with van der Waals surface area (Å²) < 4.78 is 0. The van der Waals surface area contributed by atoms with Crippen LogP contribution in [0.15, 0.2) is 30.3 Å². The molecule has 0 aromatic heterocycles. The van der Waals surface area contributed by atoms with E-state index >= 15 is 0 Å². The highest BCUT2D eigenvalue weighted by Gasteiger charge is 2.29. The topological polar surface area (TPSA) is 156 Å². The first-order valence-electron chi connectivity index (χ1n) is 5.75. The monoisotopic (exact) mass is 304 g/mol. The number of phenols is 1. The van der Waals surface area contributed by atoms with Gasteiger partial charge in [-0.3, -0.25) is 0 Å². The lowest BCUT2D eigenvalue weighted by Gasteiger charge is -2.22. The molecule has 1 aromatic rings. The van der Waals surface area contributed by atoms with Gasteiger partial charge in [-0.15, -0.1) is 0 Å². The van der Waals surface area contributed by atoms with E-state index in [2.05, 4.69) is 0 Å². The van der Waals surface area contributed by atoms with Gasteiger partial charge in [0.1, 0.15) is 37.0 Å². The zero-order valence-corrected chi connectivity index (χ0v) is 11.2. The molecule has 0 aliphatic carbocycles. The fraction of sp³-hybridized carbons (Fsp3) is 0.385. The van der Waals surface area contributed by atoms with Crippen molar-refractivity contribution < 1.29 is 40.2 Å². The largest absolute Gasteiger partial charge is 0.508 e. The average molecular weight is 304 g/mol. The minimum atomic E-state index is -1.79. The lowest BCUT2D eigenvalue weighted by atomic mass is 10.0. The number of aliphatic hydroxyl groups excluding tert-OH is 5. The molecule has 21 heavy (non-hydrogen) atoms. The number of aromatic hydroxyl groups is 1. The van der Waals surface area contributed by atoms with Gasteiger partial charge in [-0.05, 0) is 12.1 Å². The minimum Gasteiger partial charge on any atom is -0.508 e. The summed E-state index contributed by atoms with van der Waals surface area (Å²) in [6, 6.07) is 8.71. The first-order valence-corrected chi connectivity index (χ1v) is 5.75. The van der Waals surface area contributed by atoms with Crippen LogP contribution in [0, 0.1) is 0 Å². The van der Waals surface area contributed by atoms with Gasteiger partial charge in [0.15, 0.2) is 6.29 Å². The molecule has 4 atom stereocenters. The molecular weight excluding hydrogens is 284 g/mol. The van der Waals surface area contributed by atoms with Crippen molar-refractivity contribution in [1.82, 2.24) is 0 Å². The SMILES string of the molecule is C=O.O=C[C@H](O)[C@@H](O)[C@H](O)[C@H](O)CO.Oc1ccccc1. The Labute approximate surface area is 121 Å². The molecule has 0 radical (unpaired) electrons. The van der Waals surface area contributed by atoms with Crippen LogP contribution < -0.4 is 0 Å². The molecule has 6 N–H and O–H groups in total. The van der Waals surface area contributed by atoms with Gasteiger partial charge in [0.25, 0.3) is 0 Å². The summed E-state index contributed by atoms with van der Waals surface area (Å²) in [6.45, 7) is 1.24. The molecule has 0 fully saturated rings. The van der Waals surface area contributed by atoms with Crippen LogP contribution in [0.2, 0.25) is 0 Å². The summed E-state index contributed by atoms with van der Waals surface area (Å²) in [4.78, 5) is 17.9. The lowest BCUT2D eigenvalue weighted by Crippen LogP contribution is -2.46. The summed E-state index contributed by atoms with van der Waals surface area (Å²) in [5, 5.41) is 52.2. The van der Waals surface area contributed by atoms with Crippen LogP contribution in [-0.4, -0.2) is 74.7 Å². The highest BCUT2D eigenvalue weighted by atomic mass is 16.4. The molecule has 0 aliphatic rings. The van der Waals surface area contributed by atoms with Crippen molar-refractivity contribution >= 4 is 13.1 Å². The van der Waals surface area contributed by atoms with Gasteiger partial charge < -0.3 is 40.2 Å². The molecule has 0 heterocycles. The van der Waals surface area contributed by atoms with Crippen molar-refractivity contribution in [3.8, 4) is 5.75 Å². The molecule has 120 valence electrons. The molecular formula is C13H20O8. The van der Waals surface area contributed by atoms with E-state index in [-0.39, 0.29) is 6.29 Å². The second kappa shape index (κ2) is 13.2. The predicted octanol–water partition coefficient (Wildman–Crippen LogP) is -2.17. The lowest BCUT2D eigenvalue weighted by molar-refractivity contribution is -0.136. The fourth-order valence-electron chi connectivity index (χ4n) is 1.05. The first kappa shape index (κ1) is 21.5. The Balaban J connectivity index is 0. The number of para-hydroxylation sites is 1. The number of aldehydes is 1. The fourth-order valence-corrected chi connectivity index (χ4v) is 1.05. The van der Waals surface area contributed by atoms with Crippen LogP contribution in [0.1, 0.15) is 0 Å². The standard InChI is InChI=1S/C6H12O6.C6H6O.CH2O/c7-1-3(9)5(11)6(12)4(10)2-8;7-6-4-2-1-3-5-6;1-2/h1,3-6,8-12H,2H2;1-5,7H;1H2/t3-,4+,5+,6+;;/m0../s1. The third-order valence-electron chi connectivity index (χ3n) is 2.18. The molecule has 0 aliphatic heterocycles. The number of carbonyl (C=O) groups excluding carboxylic acids is 2. The molecule has 0 unspecified atom stereocenters. The number of phenolic OH excluding ortho intramolecular Hbond substituents is 1. The molecule has 0 bridgehead atoms. The van der Waals surface area contributed by atoms with Crippen molar-refractivity contribution in [3.05, 3.63) is 30.3 Å². The summed E-state index contributed by atoms with van der Waals surface area (Å²) in [6.07, 6.45) is -6.84. The van der Waals surface area contributed by atoms with Crippen molar-refractivity contribution in [3.63, 3.8) is 0 Å². The summed E-state index contributed by atoms with van der Waals surface area (Å²) >= 11 is 0. The van der Waals surface area contributed by atoms with Gasteiger partial charge >= 0.3 is 0 Å². The van der Waals surface area contributed by atoms with E-state index in [9.17, 15) is 4.79 Å². The van der Waals surface area contributed by atoms with E-state index in [0.29, 0.717) is 5.75 Å². The Morgan fingerprint density at radius 1 is 1.00 bits per heavy atom. The maximum atomic E-state index is 9.90. The minimum absolute atomic E-state index is 0.0258. The van der Waals surface area contributed by atoms with E-state index < -0.39 is 31.0 Å². The van der Waals surface area contributed by atoms with Crippen LogP contribution in [0.25, 0.3) is 0 Å². The summed E-state index contributed by atoms with van der Waals surface area (Å²) in [7, 11) is 0. The van der Waals surface area contributed by atoms with E-state index in [1.165, 1.54) is 0 Å². The number of hydrogen-bond acceptors (Lipinski definition) is 8.